The Labute approximate surface area is 118 Å². The monoisotopic (exact) mass is 295 g/mol. The minimum Gasteiger partial charge on any atom is -0.480 e. The van der Waals surface area contributed by atoms with Crippen LogP contribution in [0.5, 0.6) is 0 Å². The molecule has 9 heteroatoms. The lowest BCUT2D eigenvalue weighted by atomic mass is 10.2. The van der Waals surface area contributed by atoms with Gasteiger partial charge in [-0.05, 0) is 23.1 Å². The zero-order valence-corrected chi connectivity index (χ0v) is 11.5. The molecule has 2 aromatic heterocycles. The molecule has 0 saturated heterocycles. The number of tetrazole rings is 1. The zero-order valence-electron chi connectivity index (χ0n) is 10.7. The number of hydrogen-bond acceptors (Lipinski definition) is 6. The van der Waals surface area contributed by atoms with Crippen molar-refractivity contribution < 1.29 is 14.7 Å². The van der Waals surface area contributed by atoms with Crippen LogP contribution in [0.2, 0.25) is 0 Å². The van der Waals surface area contributed by atoms with Crippen molar-refractivity contribution in [3.63, 3.8) is 0 Å². The lowest BCUT2D eigenvalue weighted by Crippen LogP contribution is -2.42. The van der Waals surface area contributed by atoms with Crippen LogP contribution < -0.4 is 5.32 Å². The van der Waals surface area contributed by atoms with Crippen molar-refractivity contribution >= 4 is 23.2 Å². The van der Waals surface area contributed by atoms with E-state index in [1.807, 2.05) is 16.8 Å². The van der Waals surface area contributed by atoms with E-state index in [9.17, 15) is 9.59 Å². The summed E-state index contributed by atoms with van der Waals surface area (Å²) in [6.45, 7) is 1.52. The van der Waals surface area contributed by atoms with Gasteiger partial charge in [-0.25, -0.2) is 4.79 Å². The predicted octanol–water partition coefficient (Wildman–Crippen LogP) is 0.381. The van der Waals surface area contributed by atoms with Gasteiger partial charge in [0.2, 0.25) is 11.7 Å². The second-order valence-corrected chi connectivity index (χ2v) is 4.80. The van der Waals surface area contributed by atoms with E-state index < -0.39 is 17.9 Å². The van der Waals surface area contributed by atoms with Crippen LogP contribution in [0.3, 0.4) is 0 Å². The molecule has 0 saturated carbocycles. The molecule has 0 fully saturated rings. The predicted molar refractivity (Wildman–Crippen MR) is 71.0 cm³/mol. The highest BCUT2D eigenvalue weighted by atomic mass is 32.1. The minimum atomic E-state index is -1.06. The fourth-order valence-electron chi connectivity index (χ4n) is 1.52. The summed E-state index contributed by atoms with van der Waals surface area (Å²) in [7, 11) is 0. The molecule has 2 heterocycles. The molecule has 106 valence electrons. The minimum absolute atomic E-state index is 0.166. The standard InChI is InChI=1S/C11H13N5O3S/c1-2-8(11(18)19)12-9(17)5-16-14-10(13-15-16)7-3-4-20-6-7/h3-4,6,8H,2,5H2,1H3,(H,12,17)(H,18,19)/t8-/m0/s1. The molecule has 2 aromatic rings. The molecule has 20 heavy (non-hydrogen) atoms. The first kappa shape index (κ1) is 14.1. The molecular formula is C11H13N5O3S. The third kappa shape index (κ3) is 3.38. The Morgan fingerprint density at radius 3 is 2.95 bits per heavy atom. The Hall–Kier alpha value is -2.29. The van der Waals surface area contributed by atoms with E-state index in [1.165, 1.54) is 11.3 Å². The van der Waals surface area contributed by atoms with Gasteiger partial charge in [0.1, 0.15) is 12.6 Å². The Balaban J connectivity index is 1.97. The lowest BCUT2D eigenvalue weighted by Gasteiger charge is -2.11. The number of rotatable bonds is 6. The van der Waals surface area contributed by atoms with Crippen LogP contribution in [-0.2, 0) is 16.1 Å². The van der Waals surface area contributed by atoms with Crippen molar-refractivity contribution in [1.29, 1.82) is 0 Å². The van der Waals surface area contributed by atoms with Crippen LogP contribution in [0, 0.1) is 0 Å². The van der Waals surface area contributed by atoms with Gasteiger partial charge >= 0.3 is 5.97 Å². The topological polar surface area (TPSA) is 110 Å². The molecule has 2 N–H and O–H groups in total. The molecule has 1 amide bonds. The molecular weight excluding hydrogens is 282 g/mol. The maximum absolute atomic E-state index is 11.7. The first-order valence-corrected chi connectivity index (χ1v) is 6.87. The lowest BCUT2D eigenvalue weighted by molar-refractivity contribution is -0.142. The molecule has 2 rings (SSSR count). The summed E-state index contributed by atoms with van der Waals surface area (Å²) in [4.78, 5) is 23.6. The van der Waals surface area contributed by atoms with E-state index in [1.54, 1.807) is 6.92 Å². The van der Waals surface area contributed by atoms with Crippen LogP contribution in [0.4, 0.5) is 0 Å². The van der Waals surface area contributed by atoms with Crippen molar-refractivity contribution in [2.45, 2.75) is 25.9 Å². The summed E-state index contributed by atoms with van der Waals surface area (Å²) >= 11 is 1.51. The molecule has 0 aliphatic rings. The zero-order chi connectivity index (χ0) is 14.5. The third-order valence-corrected chi connectivity index (χ3v) is 3.24. The highest BCUT2D eigenvalue weighted by Gasteiger charge is 2.18. The Bertz CT molecular complexity index is 595. The summed E-state index contributed by atoms with van der Waals surface area (Å²) in [6.07, 6.45) is 0.312. The number of aliphatic carboxylic acids is 1. The van der Waals surface area contributed by atoms with Gasteiger partial charge in [-0.15, -0.1) is 10.2 Å². The summed E-state index contributed by atoms with van der Waals surface area (Å²) in [5, 5.41) is 26.7. The summed E-state index contributed by atoms with van der Waals surface area (Å²) < 4.78 is 0. The number of carbonyl (C=O) groups is 2. The van der Waals surface area contributed by atoms with Crippen molar-refractivity contribution in [1.82, 2.24) is 25.5 Å². The molecule has 0 radical (unpaired) electrons. The Morgan fingerprint density at radius 1 is 1.55 bits per heavy atom. The van der Waals surface area contributed by atoms with E-state index in [0.29, 0.717) is 12.2 Å². The highest BCUT2D eigenvalue weighted by Crippen LogP contribution is 2.16. The fourth-order valence-corrected chi connectivity index (χ4v) is 2.16. The molecule has 1 atom stereocenters. The molecule has 0 spiro atoms. The van der Waals surface area contributed by atoms with Crippen LogP contribution in [-0.4, -0.2) is 43.2 Å². The number of nitrogens with one attached hydrogen (secondary N) is 1. The van der Waals surface area contributed by atoms with E-state index in [0.717, 1.165) is 10.4 Å². The summed E-state index contributed by atoms with van der Waals surface area (Å²) in [6, 6.07) is 0.950. The van der Waals surface area contributed by atoms with Gasteiger partial charge in [0.05, 0.1) is 0 Å². The van der Waals surface area contributed by atoms with E-state index >= 15 is 0 Å². The SMILES string of the molecule is CC[C@H](NC(=O)Cn1nnc(-c2ccsc2)n1)C(=O)O. The first-order chi connectivity index (χ1) is 9.60. The Morgan fingerprint density at radius 2 is 2.35 bits per heavy atom. The Kier molecular flexibility index (Phi) is 4.41. The van der Waals surface area contributed by atoms with Crippen LogP contribution >= 0.6 is 11.3 Å². The summed E-state index contributed by atoms with van der Waals surface area (Å²) in [5.41, 5.74) is 0.832. The fraction of sp³-hybridized carbons (Fsp3) is 0.364. The number of carbonyl (C=O) groups excluding carboxylic acids is 1. The average Bonchev–Trinajstić information content (AvgIpc) is 3.05. The molecule has 8 nitrogen and oxygen atoms in total. The number of thiophene rings is 1. The average molecular weight is 295 g/mol. The van der Waals surface area contributed by atoms with E-state index in [-0.39, 0.29) is 6.54 Å². The number of carboxylic acid groups (broad SMARTS) is 1. The molecule has 0 bridgehead atoms. The highest BCUT2D eigenvalue weighted by molar-refractivity contribution is 7.08. The van der Waals surface area contributed by atoms with Gasteiger partial charge in [0.25, 0.3) is 0 Å². The van der Waals surface area contributed by atoms with Crippen molar-refractivity contribution in [3.8, 4) is 11.4 Å². The van der Waals surface area contributed by atoms with Gasteiger partial charge in [0.15, 0.2) is 0 Å². The second kappa shape index (κ2) is 6.24. The normalized spacial score (nSPS) is 12.1. The van der Waals surface area contributed by atoms with Gasteiger partial charge in [-0.2, -0.15) is 16.1 Å². The number of nitrogens with zero attached hydrogens (tertiary/aromatic N) is 4. The van der Waals surface area contributed by atoms with Gasteiger partial charge in [0, 0.05) is 10.9 Å². The van der Waals surface area contributed by atoms with E-state index in [2.05, 4.69) is 20.7 Å². The van der Waals surface area contributed by atoms with E-state index in [4.69, 9.17) is 5.11 Å². The second-order valence-electron chi connectivity index (χ2n) is 4.02. The maximum Gasteiger partial charge on any atom is 0.326 e. The van der Waals surface area contributed by atoms with Crippen molar-refractivity contribution in [2.24, 2.45) is 0 Å². The number of hydrogen-bond donors (Lipinski definition) is 2. The third-order valence-electron chi connectivity index (χ3n) is 2.56. The number of amides is 1. The first-order valence-electron chi connectivity index (χ1n) is 5.92. The molecule has 0 aromatic carbocycles. The number of aromatic nitrogens is 4. The van der Waals surface area contributed by atoms with Gasteiger partial charge in [-0.1, -0.05) is 6.92 Å². The molecule has 0 aliphatic carbocycles. The summed E-state index contributed by atoms with van der Waals surface area (Å²) in [5.74, 6) is -1.09. The van der Waals surface area contributed by atoms with Crippen LogP contribution in [0.15, 0.2) is 16.8 Å². The molecule has 0 unspecified atom stereocenters. The molecule has 0 aliphatic heterocycles. The van der Waals surface area contributed by atoms with Crippen molar-refractivity contribution in [3.05, 3.63) is 16.8 Å². The van der Waals surface area contributed by atoms with Crippen molar-refractivity contribution in [2.75, 3.05) is 0 Å². The van der Waals surface area contributed by atoms with Crippen LogP contribution in [0.1, 0.15) is 13.3 Å². The van der Waals surface area contributed by atoms with Gasteiger partial charge in [-0.3, -0.25) is 4.79 Å². The number of carboxylic acids is 1. The van der Waals surface area contributed by atoms with Crippen LogP contribution in [0.25, 0.3) is 11.4 Å². The quantitative estimate of drug-likeness (QED) is 0.797. The smallest absolute Gasteiger partial charge is 0.326 e. The van der Waals surface area contributed by atoms with Gasteiger partial charge < -0.3 is 10.4 Å². The largest absolute Gasteiger partial charge is 0.480 e. The maximum atomic E-state index is 11.7.